The van der Waals surface area contributed by atoms with Crippen LogP contribution in [0.5, 0.6) is 0 Å². The van der Waals surface area contributed by atoms with Gasteiger partial charge in [-0.25, -0.2) is 25.3 Å². The van der Waals surface area contributed by atoms with E-state index in [4.69, 9.17) is 0 Å². The van der Waals surface area contributed by atoms with E-state index < -0.39 is 51.3 Å². The third-order valence-electron chi connectivity index (χ3n) is 5.91. The molecule has 0 aliphatic carbocycles. The van der Waals surface area contributed by atoms with Gasteiger partial charge in [-0.15, -0.1) is 5.73 Å². The van der Waals surface area contributed by atoms with Crippen LogP contribution in [0.1, 0.15) is 26.7 Å². The highest BCUT2D eigenvalue weighted by Gasteiger charge is 2.56. The van der Waals surface area contributed by atoms with Crippen LogP contribution in [0.15, 0.2) is 135 Å². The summed E-state index contributed by atoms with van der Waals surface area (Å²) in [6, 6.07) is 21.7. The minimum Gasteiger partial charge on any atom is -0.222 e. The van der Waals surface area contributed by atoms with Gasteiger partial charge < -0.3 is 0 Å². The Morgan fingerprint density at radius 2 is 1.08 bits per heavy atom. The molecule has 3 aromatic rings. The van der Waals surface area contributed by atoms with Crippen LogP contribution in [0, 0.1) is 0 Å². The Balaban J connectivity index is 2.42. The molecule has 194 valence electrons. The second-order valence-electron chi connectivity index (χ2n) is 8.62. The Labute approximate surface area is 219 Å². The van der Waals surface area contributed by atoms with Crippen LogP contribution in [-0.4, -0.2) is 29.3 Å². The summed E-state index contributed by atoms with van der Waals surface area (Å²) in [7, 11) is -13.7. The highest BCUT2D eigenvalue weighted by Crippen LogP contribution is 2.45. The van der Waals surface area contributed by atoms with Crippen LogP contribution in [0.3, 0.4) is 0 Å². The molecule has 0 N–H and O–H groups in total. The maximum absolute atomic E-state index is 14.3. The van der Waals surface area contributed by atoms with Gasteiger partial charge in [-0.2, -0.15) is 0 Å². The average Bonchev–Trinajstić information content (AvgIpc) is 2.90. The van der Waals surface area contributed by atoms with Gasteiger partial charge in [0.15, 0.2) is 23.8 Å². The molecule has 0 unspecified atom stereocenters. The van der Waals surface area contributed by atoms with Gasteiger partial charge in [-0.3, -0.25) is 0 Å². The van der Waals surface area contributed by atoms with Crippen LogP contribution in [-0.2, 0) is 29.5 Å². The van der Waals surface area contributed by atoms with Crippen molar-refractivity contribution in [2.75, 3.05) is 0 Å². The largest absolute Gasteiger partial charge is 0.222 e. The average molecular weight is 557 g/mol. The van der Waals surface area contributed by atoms with Crippen molar-refractivity contribution >= 4 is 29.5 Å². The van der Waals surface area contributed by atoms with Crippen LogP contribution < -0.4 is 0 Å². The quantitative estimate of drug-likeness (QED) is 0.241. The van der Waals surface area contributed by atoms with Gasteiger partial charge in [0, 0.05) is 12.8 Å². The molecule has 0 aromatic heterocycles. The summed E-state index contributed by atoms with van der Waals surface area (Å²) in [5, 5.41) is 0. The molecule has 3 rings (SSSR count). The maximum Gasteiger partial charge on any atom is 0.210 e. The fourth-order valence-corrected chi connectivity index (χ4v) is 10.4. The van der Waals surface area contributed by atoms with E-state index in [0.717, 1.165) is 0 Å². The second-order valence-corrected chi connectivity index (χ2v) is 15.4. The first-order valence-electron chi connectivity index (χ1n) is 11.3. The molecule has 0 radical (unpaired) electrons. The molecule has 0 atom stereocenters. The van der Waals surface area contributed by atoms with Crippen LogP contribution >= 0.6 is 0 Å². The minimum atomic E-state index is -4.70. The van der Waals surface area contributed by atoms with E-state index in [2.05, 4.69) is 12.3 Å². The molecule has 37 heavy (non-hydrogen) atoms. The third kappa shape index (κ3) is 5.40. The number of hydrogen-bond donors (Lipinski definition) is 0. The fourth-order valence-electron chi connectivity index (χ4n) is 3.85. The summed E-state index contributed by atoms with van der Waals surface area (Å²) in [4.78, 5) is -1.12. The topological polar surface area (TPSA) is 102 Å². The molecule has 6 nitrogen and oxygen atoms in total. The van der Waals surface area contributed by atoms with E-state index in [-0.39, 0.29) is 14.7 Å². The summed E-state index contributed by atoms with van der Waals surface area (Å²) in [5.74, 6) is 0. The zero-order chi connectivity index (χ0) is 27.3. The van der Waals surface area contributed by atoms with Gasteiger partial charge in [0.2, 0.25) is 9.84 Å². The summed E-state index contributed by atoms with van der Waals surface area (Å²) >= 11 is 0. The lowest BCUT2D eigenvalue weighted by molar-refractivity contribution is 0.534. The van der Waals surface area contributed by atoms with Crippen molar-refractivity contribution in [2.24, 2.45) is 0 Å². The van der Waals surface area contributed by atoms with E-state index in [1.165, 1.54) is 78.9 Å². The molecule has 3 aromatic carbocycles. The van der Waals surface area contributed by atoms with Gasteiger partial charge in [-0.05, 0) is 50.2 Å². The number of sulfone groups is 3. The summed E-state index contributed by atoms with van der Waals surface area (Å²) in [6.07, 6.45) is 0.127. The van der Waals surface area contributed by atoms with Crippen molar-refractivity contribution in [1.29, 1.82) is 0 Å². The van der Waals surface area contributed by atoms with Crippen LogP contribution in [0.2, 0.25) is 0 Å². The van der Waals surface area contributed by atoms with Crippen molar-refractivity contribution in [3.8, 4) is 0 Å². The van der Waals surface area contributed by atoms with E-state index in [0.29, 0.717) is 5.57 Å². The predicted molar refractivity (Wildman–Crippen MR) is 145 cm³/mol. The lowest BCUT2D eigenvalue weighted by atomic mass is 10.1. The van der Waals surface area contributed by atoms with Gasteiger partial charge >= 0.3 is 0 Å². The molecular formula is C28H28O6S3. The van der Waals surface area contributed by atoms with Crippen LogP contribution in [0.4, 0.5) is 0 Å². The minimum absolute atomic E-state index is 0.119. The van der Waals surface area contributed by atoms with Crippen molar-refractivity contribution < 1.29 is 25.3 Å². The third-order valence-corrected chi connectivity index (χ3v) is 13.4. The molecule has 0 amide bonds. The zero-order valence-corrected chi connectivity index (χ0v) is 23.0. The molecule has 0 saturated carbocycles. The molecule has 0 heterocycles. The first-order valence-corrected chi connectivity index (χ1v) is 15.8. The highest BCUT2D eigenvalue weighted by atomic mass is 32.3. The zero-order valence-electron chi connectivity index (χ0n) is 20.5. The molecule has 0 aliphatic heterocycles. The molecule has 0 saturated heterocycles. The fraction of sp³-hybridized carbons (Fsp3) is 0.179. The summed E-state index contributed by atoms with van der Waals surface area (Å²) < 4.78 is 81.9. The van der Waals surface area contributed by atoms with E-state index in [9.17, 15) is 25.3 Å². The van der Waals surface area contributed by atoms with Gasteiger partial charge in [-0.1, -0.05) is 72.8 Å². The SMILES string of the molecule is C=C=C(CC(CC=C(C)C)(S(=O)(=O)c1ccccc1)S(=O)(=O)c1ccccc1)S(=O)(=O)c1ccccc1. The predicted octanol–water partition coefficient (Wildman–Crippen LogP) is 5.52. The summed E-state index contributed by atoms with van der Waals surface area (Å²) in [6.45, 7) is 6.91. The summed E-state index contributed by atoms with van der Waals surface area (Å²) in [5.41, 5.74) is 3.03. The monoisotopic (exact) mass is 556 g/mol. The Kier molecular flexibility index (Phi) is 8.45. The number of benzene rings is 3. The smallest absolute Gasteiger partial charge is 0.210 e. The van der Waals surface area contributed by atoms with Crippen molar-refractivity contribution in [2.45, 2.75) is 45.5 Å². The number of hydrogen-bond acceptors (Lipinski definition) is 6. The van der Waals surface area contributed by atoms with Crippen molar-refractivity contribution in [1.82, 2.24) is 0 Å². The second kappa shape index (κ2) is 11.0. The molecular weight excluding hydrogens is 529 g/mol. The first kappa shape index (κ1) is 28.3. The Morgan fingerprint density at radius 3 is 1.43 bits per heavy atom. The highest BCUT2D eigenvalue weighted by molar-refractivity contribution is 8.10. The molecule has 9 heteroatoms. The molecule has 0 fully saturated rings. The lowest BCUT2D eigenvalue weighted by Gasteiger charge is -2.33. The number of rotatable bonds is 10. The lowest BCUT2D eigenvalue weighted by Crippen LogP contribution is -2.47. The maximum atomic E-state index is 14.3. The Hall–Kier alpha value is -3.23. The van der Waals surface area contributed by atoms with E-state index in [1.54, 1.807) is 32.0 Å². The van der Waals surface area contributed by atoms with Crippen LogP contribution in [0.25, 0.3) is 0 Å². The van der Waals surface area contributed by atoms with Gasteiger partial charge in [0.25, 0.3) is 0 Å². The molecule has 0 bridgehead atoms. The molecule has 0 aliphatic rings. The number of allylic oxidation sites excluding steroid dienone is 3. The van der Waals surface area contributed by atoms with E-state index >= 15 is 0 Å². The first-order chi connectivity index (χ1) is 17.4. The standard InChI is InChI=1S/C28H28O6S3/c1-4-24(35(29,30)25-14-8-5-9-15-25)22-28(21-20-23(2)3,36(31,32)26-16-10-6-11-17-26)37(33,34)27-18-12-7-13-19-27/h5-20H,1,21-22H2,2-3H3. The Morgan fingerprint density at radius 1 is 0.703 bits per heavy atom. The van der Waals surface area contributed by atoms with Gasteiger partial charge in [0.05, 0.1) is 19.6 Å². The van der Waals surface area contributed by atoms with Gasteiger partial charge in [0.1, 0.15) is 0 Å². The molecule has 0 spiro atoms. The van der Waals surface area contributed by atoms with Crippen molar-refractivity contribution in [3.05, 3.63) is 120 Å². The normalized spacial score (nSPS) is 12.4. The van der Waals surface area contributed by atoms with Crippen molar-refractivity contribution in [3.63, 3.8) is 0 Å². The van der Waals surface area contributed by atoms with E-state index in [1.807, 2.05) is 0 Å². The Bertz CT molecular complexity index is 1580.